The van der Waals surface area contributed by atoms with E-state index in [0.717, 1.165) is 60.1 Å². The quantitative estimate of drug-likeness (QED) is 0.717. The van der Waals surface area contributed by atoms with Crippen LogP contribution in [0, 0.1) is 0 Å². The number of nitrogens with zero attached hydrogens (tertiary/aromatic N) is 4. The molecule has 0 amide bonds. The second-order valence-electron chi connectivity index (χ2n) is 6.18. The van der Waals surface area contributed by atoms with Gasteiger partial charge in [0.1, 0.15) is 22.7 Å². The van der Waals surface area contributed by atoms with Gasteiger partial charge in [-0.2, -0.15) is 0 Å². The second kappa shape index (κ2) is 6.98. The summed E-state index contributed by atoms with van der Waals surface area (Å²) in [5.41, 5.74) is 2.33. The van der Waals surface area contributed by atoms with E-state index in [0.29, 0.717) is 0 Å². The van der Waals surface area contributed by atoms with Crippen LogP contribution in [0.4, 0.5) is 5.82 Å². The minimum Gasteiger partial charge on any atom is -0.497 e. The average molecular weight is 354 g/mol. The van der Waals surface area contributed by atoms with Crippen LogP contribution in [0.1, 0.15) is 6.92 Å². The van der Waals surface area contributed by atoms with E-state index in [1.54, 1.807) is 24.8 Å². The third kappa shape index (κ3) is 3.07. The molecule has 1 aromatic carbocycles. The van der Waals surface area contributed by atoms with Gasteiger partial charge in [0.25, 0.3) is 0 Å². The maximum atomic E-state index is 5.39. The molecule has 1 aliphatic heterocycles. The molecule has 0 N–H and O–H groups in total. The fourth-order valence-corrected chi connectivity index (χ4v) is 4.29. The summed E-state index contributed by atoms with van der Waals surface area (Å²) in [5.74, 6) is 1.92. The molecule has 0 unspecified atom stereocenters. The fourth-order valence-electron chi connectivity index (χ4n) is 3.38. The Morgan fingerprint density at radius 1 is 1.16 bits per heavy atom. The third-order valence-electron chi connectivity index (χ3n) is 4.85. The van der Waals surface area contributed by atoms with Crippen molar-refractivity contribution in [1.82, 2.24) is 14.9 Å². The lowest BCUT2D eigenvalue weighted by Gasteiger charge is -2.35. The van der Waals surface area contributed by atoms with E-state index in [2.05, 4.69) is 44.2 Å². The number of piperazine rings is 1. The summed E-state index contributed by atoms with van der Waals surface area (Å²) < 4.78 is 5.39. The number of hydrogen-bond donors (Lipinski definition) is 0. The highest BCUT2D eigenvalue weighted by Gasteiger charge is 2.21. The third-order valence-corrected chi connectivity index (χ3v) is 5.74. The van der Waals surface area contributed by atoms with Crippen molar-refractivity contribution in [2.45, 2.75) is 6.92 Å². The van der Waals surface area contributed by atoms with Crippen LogP contribution in [0.3, 0.4) is 0 Å². The summed E-state index contributed by atoms with van der Waals surface area (Å²) in [7, 11) is 1.70. The van der Waals surface area contributed by atoms with Crippen LogP contribution in [-0.4, -0.2) is 54.7 Å². The zero-order chi connectivity index (χ0) is 17.2. The van der Waals surface area contributed by atoms with E-state index in [9.17, 15) is 0 Å². The minimum atomic E-state index is 0.867. The Labute approximate surface area is 151 Å². The van der Waals surface area contributed by atoms with Gasteiger partial charge in [-0.25, -0.2) is 9.97 Å². The fraction of sp³-hybridized carbons (Fsp3) is 0.368. The van der Waals surface area contributed by atoms with Crippen molar-refractivity contribution in [3.8, 4) is 16.9 Å². The van der Waals surface area contributed by atoms with Crippen LogP contribution in [0.5, 0.6) is 5.75 Å². The highest BCUT2D eigenvalue weighted by molar-refractivity contribution is 7.17. The number of anilines is 1. The molecule has 0 bridgehead atoms. The topological polar surface area (TPSA) is 41.5 Å². The molecule has 1 saturated heterocycles. The van der Waals surface area contributed by atoms with Crippen molar-refractivity contribution in [2.24, 2.45) is 0 Å². The molecule has 1 fully saturated rings. The molecule has 25 heavy (non-hydrogen) atoms. The summed E-state index contributed by atoms with van der Waals surface area (Å²) in [6.07, 6.45) is 1.69. The predicted molar refractivity (Wildman–Crippen MR) is 104 cm³/mol. The molecule has 0 aliphatic carbocycles. The van der Waals surface area contributed by atoms with E-state index in [4.69, 9.17) is 4.74 Å². The van der Waals surface area contributed by atoms with E-state index < -0.39 is 0 Å². The minimum absolute atomic E-state index is 0.867. The van der Waals surface area contributed by atoms with Crippen molar-refractivity contribution >= 4 is 27.4 Å². The zero-order valence-electron chi connectivity index (χ0n) is 14.6. The number of fused-ring (bicyclic) bond motifs is 1. The van der Waals surface area contributed by atoms with Gasteiger partial charge < -0.3 is 14.5 Å². The van der Waals surface area contributed by atoms with Gasteiger partial charge >= 0.3 is 0 Å². The number of thiophene rings is 1. The molecular weight excluding hydrogens is 332 g/mol. The SMILES string of the molecule is CCN1CCN(c2ncnc3scc(-c4cccc(OC)c4)c23)CC1. The molecule has 4 rings (SSSR count). The number of benzene rings is 1. The Morgan fingerprint density at radius 3 is 2.76 bits per heavy atom. The lowest BCUT2D eigenvalue weighted by molar-refractivity contribution is 0.271. The molecular formula is C19H22N4OS. The van der Waals surface area contributed by atoms with Crippen LogP contribution in [0.2, 0.25) is 0 Å². The summed E-state index contributed by atoms with van der Waals surface area (Å²) in [6.45, 7) is 7.51. The number of methoxy groups -OCH3 is 1. The van der Waals surface area contributed by atoms with Gasteiger partial charge in [0.15, 0.2) is 0 Å². The molecule has 2 aromatic heterocycles. The summed E-state index contributed by atoms with van der Waals surface area (Å²) in [5, 5.41) is 3.34. The van der Waals surface area contributed by atoms with Gasteiger partial charge in [0.05, 0.1) is 12.5 Å². The Morgan fingerprint density at radius 2 is 2.00 bits per heavy atom. The molecule has 0 radical (unpaired) electrons. The Bertz CT molecular complexity index is 871. The standard InChI is InChI=1S/C19H22N4OS/c1-3-22-7-9-23(10-8-22)18-17-16(12-25-19(17)21-13-20-18)14-5-4-6-15(11-14)24-2/h4-6,11-13H,3,7-10H2,1-2H3. The van der Waals surface area contributed by atoms with E-state index in [1.807, 2.05) is 12.1 Å². The number of ether oxygens (including phenoxy) is 1. The van der Waals surface area contributed by atoms with Gasteiger partial charge in [-0.05, 0) is 24.2 Å². The van der Waals surface area contributed by atoms with E-state index in [-0.39, 0.29) is 0 Å². The lowest BCUT2D eigenvalue weighted by Crippen LogP contribution is -2.46. The smallest absolute Gasteiger partial charge is 0.141 e. The first-order valence-electron chi connectivity index (χ1n) is 8.64. The van der Waals surface area contributed by atoms with Crippen LogP contribution in [-0.2, 0) is 0 Å². The highest BCUT2D eigenvalue weighted by atomic mass is 32.1. The molecule has 5 nitrogen and oxygen atoms in total. The molecule has 0 atom stereocenters. The van der Waals surface area contributed by atoms with Crippen LogP contribution in [0.25, 0.3) is 21.3 Å². The second-order valence-corrected chi connectivity index (χ2v) is 7.04. The summed E-state index contributed by atoms with van der Waals surface area (Å²) in [6, 6.07) is 8.20. The van der Waals surface area contributed by atoms with E-state index in [1.165, 1.54) is 5.56 Å². The Balaban J connectivity index is 1.77. The number of likely N-dealkylation sites (N-methyl/N-ethyl adjacent to an activating group) is 1. The van der Waals surface area contributed by atoms with Crippen molar-refractivity contribution < 1.29 is 4.74 Å². The van der Waals surface area contributed by atoms with Crippen molar-refractivity contribution in [2.75, 3.05) is 44.7 Å². The van der Waals surface area contributed by atoms with Crippen molar-refractivity contribution in [1.29, 1.82) is 0 Å². The molecule has 0 saturated carbocycles. The Hall–Kier alpha value is -2.18. The zero-order valence-corrected chi connectivity index (χ0v) is 15.4. The number of aromatic nitrogens is 2. The predicted octanol–water partition coefficient (Wildman–Crippen LogP) is 3.51. The maximum absolute atomic E-state index is 5.39. The first-order chi connectivity index (χ1) is 12.3. The van der Waals surface area contributed by atoms with Gasteiger partial charge in [0.2, 0.25) is 0 Å². The average Bonchev–Trinajstić information content (AvgIpc) is 3.12. The van der Waals surface area contributed by atoms with Gasteiger partial charge in [0, 0.05) is 37.1 Å². The van der Waals surface area contributed by atoms with Gasteiger partial charge in [-0.3, -0.25) is 0 Å². The normalized spacial score (nSPS) is 15.7. The first-order valence-corrected chi connectivity index (χ1v) is 9.52. The summed E-state index contributed by atoms with van der Waals surface area (Å²) >= 11 is 1.68. The van der Waals surface area contributed by atoms with Gasteiger partial charge in [-0.15, -0.1) is 11.3 Å². The molecule has 1 aliphatic rings. The van der Waals surface area contributed by atoms with E-state index >= 15 is 0 Å². The number of hydrogen-bond acceptors (Lipinski definition) is 6. The monoisotopic (exact) mass is 354 g/mol. The maximum Gasteiger partial charge on any atom is 0.141 e. The van der Waals surface area contributed by atoms with Crippen LogP contribution in [0.15, 0.2) is 36.0 Å². The molecule has 3 aromatic rings. The van der Waals surface area contributed by atoms with Gasteiger partial charge in [-0.1, -0.05) is 19.1 Å². The van der Waals surface area contributed by atoms with Crippen LogP contribution >= 0.6 is 11.3 Å². The first kappa shape index (κ1) is 16.3. The summed E-state index contributed by atoms with van der Waals surface area (Å²) in [4.78, 5) is 15.1. The molecule has 3 heterocycles. The number of rotatable bonds is 4. The largest absolute Gasteiger partial charge is 0.497 e. The lowest BCUT2D eigenvalue weighted by atomic mass is 10.1. The molecule has 0 spiro atoms. The van der Waals surface area contributed by atoms with Crippen molar-refractivity contribution in [3.05, 3.63) is 36.0 Å². The Kier molecular flexibility index (Phi) is 4.55. The van der Waals surface area contributed by atoms with Crippen molar-refractivity contribution in [3.63, 3.8) is 0 Å². The molecule has 6 heteroatoms. The van der Waals surface area contributed by atoms with Crippen LogP contribution < -0.4 is 9.64 Å². The molecule has 130 valence electrons. The highest BCUT2D eigenvalue weighted by Crippen LogP contribution is 2.38.